The fourth-order valence-electron chi connectivity index (χ4n) is 2.08. The first kappa shape index (κ1) is 17.6. The Morgan fingerprint density at radius 1 is 1.25 bits per heavy atom. The topological polar surface area (TPSA) is 71.3 Å². The summed E-state index contributed by atoms with van der Waals surface area (Å²) in [5.74, 6) is 0.607. The molecule has 5 nitrogen and oxygen atoms in total. The molecule has 0 aliphatic carbocycles. The molecule has 2 aromatic carbocycles. The van der Waals surface area contributed by atoms with E-state index in [-0.39, 0.29) is 18.9 Å². The first-order valence-electron chi connectivity index (χ1n) is 7.31. The summed E-state index contributed by atoms with van der Waals surface area (Å²) in [5, 5.41) is 11.5. The van der Waals surface area contributed by atoms with E-state index in [1.54, 1.807) is 18.2 Å². The van der Waals surface area contributed by atoms with Gasteiger partial charge >= 0.3 is 0 Å². The number of carbonyl (C=O) groups excluding carboxylic acids is 1. The minimum atomic E-state index is -0.336. The van der Waals surface area contributed by atoms with E-state index in [1.807, 2.05) is 30.3 Å². The lowest BCUT2D eigenvalue weighted by Crippen LogP contribution is -2.21. The molecule has 2 aromatic rings. The van der Waals surface area contributed by atoms with Gasteiger partial charge in [0.2, 0.25) is 5.91 Å². The van der Waals surface area contributed by atoms with Gasteiger partial charge in [-0.25, -0.2) is 0 Å². The Balaban J connectivity index is 2.09. The molecule has 24 heavy (non-hydrogen) atoms. The summed E-state index contributed by atoms with van der Waals surface area (Å²) in [7, 11) is 1.53. The van der Waals surface area contributed by atoms with Crippen molar-refractivity contribution in [2.75, 3.05) is 7.11 Å². The van der Waals surface area contributed by atoms with Crippen molar-refractivity contribution in [1.29, 1.82) is 5.26 Å². The molecule has 0 saturated carbocycles. The quantitative estimate of drug-likeness (QED) is 0.835. The number of rotatable bonds is 7. The second-order valence-electron chi connectivity index (χ2n) is 4.99. The molecule has 0 unspecified atom stereocenters. The number of halogens is 1. The zero-order chi connectivity index (χ0) is 17.4. The van der Waals surface area contributed by atoms with E-state index in [9.17, 15) is 4.79 Å². The number of amides is 1. The van der Waals surface area contributed by atoms with Crippen molar-refractivity contribution in [3.8, 4) is 17.6 Å². The molecular weight excluding hydrogens is 328 g/mol. The molecular formula is C18H17ClN2O3. The third kappa shape index (κ3) is 4.90. The minimum Gasteiger partial charge on any atom is -0.493 e. The molecule has 0 aliphatic heterocycles. The summed E-state index contributed by atoms with van der Waals surface area (Å²) in [6, 6.07) is 15.0. The molecule has 0 saturated heterocycles. The fourth-order valence-corrected chi connectivity index (χ4v) is 2.37. The summed E-state index contributed by atoms with van der Waals surface area (Å²) >= 11 is 6.29. The van der Waals surface area contributed by atoms with Crippen molar-refractivity contribution in [3.63, 3.8) is 0 Å². The van der Waals surface area contributed by atoms with Gasteiger partial charge in [0.05, 0.1) is 18.2 Å². The maximum atomic E-state index is 11.4. The molecule has 0 heterocycles. The Kier molecular flexibility index (Phi) is 6.47. The second-order valence-corrected chi connectivity index (χ2v) is 5.40. The lowest BCUT2D eigenvalue weighted by Gasteiger charge is -2.14. The number of ether oxygens (including phenoxy) is 2. The minimum absolute atomic E-state index is 0.177. The predicted molar refractivity (Wildman–Crippen MR) is 90.9 cm³/mol. The first-order chi connectivity index (χ1) is 11.6. The summed E-state index contributed by atoms with van der Waals surface area (Å²) in [6.07, 6.45) is -0.177. The third-order valence-corrected chi connectivity index (χ3v) is 3.53. The predicted octanol–water partition coefficient (Wildman–Crippen LogP) is 3.46. The van der Waals surface area contributed by atoms with Crippen LogP contribution in [0.1, 0.15) is 17.5 Å². The van der Waals surface area contributed by atoms with Crippen LogP contribution in [0.4, 0.5) is 0 Å². The molecule has 1 N–H and O–H groups in total. The van der Waals surface area contributed by atoms with Gasteiger partial charge in [-0.1, -0.05) is 41.9 Å². The zero-order valence-electron chi connectivity index (χ0n) is 13.2. The number of benzene rings is 2. The van der Waals surface area contributed by atoms with E-state index in [2.05, 4.69) is 5.32 Å². The van der Waals surface area contributed by atoms with Gasteiger partial charge in [-0.05, 0) is 23.3 Å². The van der Waals surface area contributed by atoms with Crippen LogP contribution in [0, 0.1) is 11.3 Å². The van der Waals surface area contributed by atoms with Gasteiger partial charge in [0, 0.05) is 6.54 Å². The van der Waals surface area contributed by atoms with E-state index in [0.29, 0.717) is 23.1 Å². The molecule has 2 rings (SSSR count). The number of nitrogens with zero attached hydrogens (tertiary/aromatic N) is 1. The van der Waals surface area contributed by atoms with Crippen molar-refractivity contribution >= 4 is 17.5 Å². The summed E-state index contributed by atoms with van der Waals surface area (Å²) in [5.41, 5.74) is 1.78. The molecule has 0 bridgehead atoms. The normalized spacial score (nSPS) is 9.88. The lowest BCUT2D eigenvalue weighted by molar-refractivity contribution is -0.120. The molecule has 0 radical (unpaired) electrons. The molecule has 1 amide bonds. The molecule has 0 spiro atoms. The highest BCUT2D eigenvalue weighted by atomic mass is 35.5. The Labute approximate surface area is 145 Å². The number of hydrogen-bond donors (Lipinski definition) is 1. The van der Waals surface area contributed by atoms with Crippen molar-refractivity contribution < 1.29 is 14.3 Å². The van der Waals surface area contributed by atoms with Crippen molar-refractivity contribution in [2.24, 2.45) is 0 Å². The number of carbonyl (C=O) groups is 1. The average molecular weight is 345 g/mol. The van der Waals surface area contributed by atoms with Crippen LogP contribution >= 0.6 is 11.6 Å². The van der Waals surface area contributed by atoms with Gasteiger partial charge in [-0.2, -0.15) is 5.26 Å². The standard InChI is InChI=1S/C18H17ClN2O3/c1-23-16-10-14(11-21-17(22)7-8-20)9-15(19)18(16)24-12-13-5-3-2-4-6-13/h2-6,9-10H,7,11-12H2,1H3,(H,21,22). The highest BCUT2D eigenvalue weighted by molar-refractivity contribution is 6.32. The largest absolute Gasteiger partial charge is 0.493 e. The highest BCUT2D eigenvalue weighted by Gasteiger charge is 2.13. The van der Waals surface area contributed by atoms with Crippen LogP contribution in [0.2, 0.25) is 5.02 Å². The van der Waals surface area contributed by atoms with E-state index in [0.717, 1.165) is 11.1 Å². The maximum Gasteiger partial charge on any atom is 0.234 e. The maximum absolute atomic E-state index is 11.4. The van der Waals surface area contributed by atoms with Crippen LogP contribution in [0.25, 0.3) is 0 Å². The zero-order valence-corrected chi connectivity index (χ0v) is 14.0. The Morgan fingerprint density at radius 3 is 2.67 bits per heavy atom. The Bertz CT molecular complexity index is 742. The van der Waals surface area contributed by atoms with Gasteiger partial charge in [0.1, 0.15) is 13.0 Å². The molecule has 6 heteroatoms. The SMILES string of the molecule is COc1cc(CNC(=O)CC#N)cc(Cl)c1OCc1ccccc1. The smallest absolute Gasteiger partial charge is 0.234 e. The van der Waals surface area contributed by atoms with Gasteiger partial charge in [0.15, 0.2) is 11.5 Å². The van der Waals surface area contributed by atoms with Gasteiger partial charge < -0.3 is 14.8 Å². The Morgan fingerprint density at radius 2 is 2.00 bits per heavy atom. The first-order valence-corrected chi connectivity index (χ1v) is 7.68. The fraction of sp³-hybridized carbons (Fsp3) is 0.222. The number of nitrogens with one attached hydrogen (secondary N) is 1. The molecule has 0 atom stereocenters. The molecule has 0 aromatic heterocycles. The lowest BCUT2D eigenvalue weighted by atomic mass is 10.2. The van der Waals surface area contributed by atoms with Crippen LogP contribution in [-0.4, -0.2) is 13.0 Å². The van der Waals surface area contributed by atoms with E-state index in [1.165, 1.54) is 7.11 Å². The van der Waals surface area contributed by atoms with Crippen LogP contribution in [0.5, 0.6) is 11.5 Å². The van der Waals surface area contributed by atoms with E-state index >= 15 is 0 Å². The number of nitriles is 1. The summed E-state index contributed by atoms with van der Waals surface area (Å²) in [6.45, 7) is 0.630. The molecule has 0 fully saturated rings. The van der Waals surface area contributed by atoms with Crippen molar-refractivity contribution in [2.45, 2.75) is 19.6 Å². The van der Waals surface area contributed by atoms with E-state index in [4.69, 9.17) is 26.3 Å². The van der Waals surface area contributed by atoms with Crippen LogP contribution in [-0.2, 0) is 17.9 Å². The second kappa shape index (κ2) is 8.80. The van der Waals surface area contributed by atoms with E-state index < -0.39 is 0 Å². The average Bonchev–Trinajstić information content (AvgIpc) is 2.59. The Hall–Kier alpha value is -2.71. The number of methoxy groups -OCH3 is 1. The van der Waals surface area contributed by atoms with Crippen LogP contribution < -0.4 is 14.8 Å². The van der Waals surface area contributed by atoms with Gasteiger partial charge in [-0.3, -0.25) is 4.79 Å². The molecule has 124 valence electrons. The molecule has 0 aliphatic rings. The van der Waals surface area contributed by atoms with Crippen LogP contribution in [0.3, 0.4) is 0 Å². The third-order valence-electron chi connectivity index (χ3n) is 3.24. The van der Waals surface area contributed by atoms with Crippen molar-refractivity contribution in [1.82, 2.24) is 5.32 Å². The summed E-state index contributed by atoms with van der Waals surface area (Å²) < 4.78 is 11.1. The summed E-state index contributed by atoms with van der Waals surface area (Å²) in [4.78, 5) is 11.4. The van der Waals surface area contributed by atoms with Gasteiger partial charge in [0.25, 0.3) is 0 Å². The number of hydrogen-bond acceptors (Lipinski definition) is 4. The van der Waals surface area contributed by atoms with Crippen LogP contribution in [0.15, 0.2) is 42.5 Å². The highest BCUT2D eigenvalue weighted by Crippen LogP contribution is 2.37. The van der Waals surface area contributed by atoms with Crippen molar-refractivity contribution in [3.05, 3.63) is 58.6 Å². The van der Waals surface area contributed by atoms with Gasteiger partial charge in [-0.15, -0.1) is 0 Å². The monoisotopic (exact) mass is 344 g/mol.